The molecule has 8 aromatic carbocycles. The van der Waals surface area contributed by atoms with Gasteiger partial charge in [-0.25, -0.2) is 0 Å². The van der Waals surface area contributed by atoms with Gasteiger partial charge in [0.2, 0.25) is 0 Å². The van der Waals surface area contributed by atoms with E-state index in [-0.39, 0.29) is 5.41 Å². The highest BCUT2D eigenvalue weighted by Gasteiger charge is 2.36. The molecule has 11 rings (SSSR count). The number of hydrogen-bond acceptors (Lipinski definition) is 2. The SMILES string of the molecule is CC1(C)c2cc(C#Cc3ccc(N(c4ccccc4)c4ccccc4)cc3)ccc2-c2cc3c(cc21)c1ccccc1n3-c1ccc2c(c1)oc1ccccc12. The van der Waals surface area contributed by atoms with Crippen LogP contribution < -0.4 is 4.90 Å². The van der Waals surface area contributed by atoms with Crippen molar-refractivity contribution in [2.75, 3.05) is 4.90 Å². The van der Waals surface area contributed by atoms with Crippen molar-refractivity contribution in [1.82, 2.24) is 4.57 Å². The van der Waals surface area contributed by atoms with E-state index in [9.17, 15) is 0 Å². The summed E-state index contributed by atoms with van der Waals surface area (Å²) >= 11 is 0. The summed E-state index contributed by atoms with van der Waals surface area (Å²) in [5.74, 6) is 6.95. The van der Waals surface area contributed by atoms with Crippen LogP contribution in [0.3, 0.4) is 0 Å². The monoisotopic (exact) mass is 716 g/mol. The Hall–Kier alpha value is -7.28. The van der Waals surface area contributed by atoms with E-state index in [1.807, 2.05) is 12.1 Å². The Morgan fingerprint density at radius 3 is 1.82 bits per heavy atom. The van der Waals surface area contributed by atoms with Crippen LogP contribution in [-0.4, -0.2) is 4.57 Å². The van der Waals surface area contributed by atoms with Crippen molar-refractivity contribution in [2.45, 2.75) is 19.3 Å². The van der Waals surface area contributed by atoms with Gasteiger partial charge in [-0.3, -0.25) is 0 Å². The van der Waals surface area contributed by atoms with Gasteiger partial charge in [0.1, 0.15) is 11.2 Å². The van der Waals surface area contributed by atoms with E-state index in [4.69, 9.17) is 4.42 Å². The number of rotatable bonds is 4. The van der Waals surface area contributed by atoms with Gasteiger partial charge in [-0.1, -0.05) is 105 Å². The lowest BCUT2D eigenvalue weighted by molar-refractivity contribution is 0.661. The van der Waals surface area contributed by atoms with E-state index >= 15 is 0 Å². The van der Waals surface area contributed by atoms with Gasteiger partial charge in [-0.05, 0) is 119 Å². The van der Waals surface area contributed by atoms with E-state index in [0.29, 0.717) is 0 Å². The van der Waals surface area contributed by atoms with Gasteiger partial charge in [-0.2, -0.15) is 0 Å². The zero-order valence-electron chi connectivity index (χ0n) is 31.1. The molecule has 0 N–H and O–H groups in total. The van der Waals surface area contributed by atoms with Gasteiger partial charge in [0.15, 0.2) is 0 Å². The minimum Gasteiger partial charge on any atom is -0.456 e. The van der Waals surface area contributed by atoms with Gasteiger partial charge in [0.05, 0.1) is 11.0 Å². The Bertz CT molecular complexity index is 3170. The van der Waals surface area contributed by atoms with Crippen LogP contribution in [0.2, 0.25) is 0 Å². The van der Waals surface area contributed by atoms with Crippen LogP contribution in [-0.2, 0) is 5.41 Å². The second-order valence-electron chi connectivity index (χ2n) is 15.2. The van der Waals surface area contributed by atoms with Crippen LogP contribution in [0.25, 0.3) is 60.6 Å². The molecule has 0 unspecified atom stereocenters. The number of hydrogen-bond donors (Lipinski definition) is 0. The van der Waals surface area contributed by atoms with E-state index < -0.39 is 0 Å². The lowest BCUT2D eigenvalue weighted by Gasteiger charge is -2.25. The van der Waals surface area contributed by atoms with Crippen LogP contribution >= 0.6 is 0 Å². The molecular formula is C53H36N2O. The summed E-state index contributed by atoms with van der Waals surface area (Å²) in [6.07, 6.45) is 0. The third-order valence-electron chi connectivity index (χ3n) is 11.6. The number of furan rings is 1. The molecule has 3 heteroatoms. The number of anilines is 3. The Labute approximate surface area is 325 Å². The van der Waals surface area contributed by atoms with Crippen molar-refractivity contribution >= 4 is 60.8 Å². The maximum absolute atomic E-state index is 6.34. The third kappa shape index (κ3) is 5.00. The van der Waals surface area contributed by atoms with Gasteiger partial charge in [-0.15, -0.1) is 0 Å². The number of benzene rings is 8. The lowest BCUT2D eigenvalue weighted by Crippen LogP contribution is -2.15. The molecule has 1 aliphatic carbocycles. The third-order valence-corrected chi connectivity index (χ3v) is 11.6. The van der Waals surface area contributed by atoms with Gasteiger partial charge in [0.25, 0.3) is 0 Å². The average molecular weight is 717 g/mol. The zero-order valence-corrected chi connectivity index (χ0v) is 31.1. The Balaban J connectivity index is 0.966. The molecular weight excluding hydrogens is 681 g/mol. The normalized spacial score (nSPS) is 12.8. The first-order valence-corrected chi connectivity index (χ1v) is 19.2. The molecule has 3 nitrogen and oxygen atoms in total. The summed E-state index contributed by atoms with van der Waals surface area (Å²) in [6.45, 7) is 4.69. The first-order valence-electron chi connectivity index (χ1n) is 19.2. The molecule has 0 saturated heterocycles. The summed E-state index contributed by atoms with van der Waals surface area (Å²) in [5.41, 5.74) is 15.6. The Morgan fingerprint density at radius 2 is 1.05 bits per heavy atom. The summed E-state index contributed by atoms with van der Waals surface area (Å²) in [5, 5.41) is 4.78. The summed E-state index contributed by atoms with van der Waals surface area (Å²) in [4.78, 5) is 2.27. The minimum atomic E-state index is -0.188. The van der Waals surface area contributed by atoms with Crippen LogP contribution in [0, 0.1) is 11.8 Å². The summed E-state index contributed by atoms with van der Waals surface area (Å²) in [7, 11) is 0. The number of para-hydroxylation sites is 4. The van der Waals surface area contributed by atoms with Gasteiger partial charge >= 0.3 is 0 Å². The molecule has 0 bridgehead atoms. The van der Waals surface area contributed by atoms with Crippen molar-refractivity contribution < 1.29 is 4.42 Å². The van der Waals surface area contributed by atoms with Crippen LogP contribution in [0.5, 0.6) is 0 Å². The molecule has 0 spiro atoms. The van der Waals surface area contributed by atoms with E-state index in [2.05, 4.69) is 205 Å². The summed E-state index contributed by atoms with van der Waals surface area (Å²) in [6, 6.07) is 64.7. The Morgan fingerprint density at radius 1 is 0.446 bits per heavy atom. The largest absolute Gasteiger partial charge is 0.456 e. The highest BCUT2D eigenvalue weighted by atomic mass is 16.3. The quantitative estimate of drug-likeness (QED) is 0.169. The molecule has 0 atom stereocenters. The van der Waals surface area contributed by atoms with Gasteiger partial charge in [0, 0.05) is 66.9 Å². The molecule has 2 heterocycles. The fraction of sp³-hybridized carbons (Fsp3) is 0.0566. The molecule has 2 aromatic heterocycles. The topological polar surface area (TPSA) is 21.3 Å². The van der Waals surface area contributed by atoms with Gasteiger partial charge < -0.3 is 13.9 Å². The fourth-order valence-corrected chi connectivity index (χ4v) is 8.85. The second kappa shape index (κ2) is 12.4. The molecule has 0 aliphatic heterocycles. The molecule has 10 aromatic rings. The first-order chi connectivity index (χ1) is 27.5. The minimum absolute atomic E-state index is 0.188. The molecule has 56 heavy (non-hydrogen) atoms. The predicted octanol–water partition coefficient (Wildman–Crippen LogP) is 13.9. The zero-order chi connectivity index (χ0) is 37.4. The highest BCUT2D eigenvalue weighted by molar-refractivity contribution is 6.12. The molecule has 0 amide bonds. The Kier molecular flexibility index (Phi) is 7.11. The highest BCUT2D eigenvalue weighted by Crippen LogP contribution is 2.51. The molecule has 264 valence electrons. The molecule has 1 aliphatic rings. The number of nitrogens with zero attached hydrogens (tertiary/aromatic N) is 2. The maximum atomic E-state index is 6.34. The van der Waals surface area contributed by atoms with Crippen molar-refractivity contribution in [2.24, 2.45) is 0 Å². The van der Waals surface area contributed by atoms with E-state index in [1.54, 1.807) is 0 Å². The molecule has 0 radical (unpaired) electrons. The second-order valence-corrected chi connectivity index (χ2v) is 15.2. The lowest BCUT2D eigenvalue weighted by atomic mass is 9.81. The molecule has 0 saturated carbocycles. The van der Waals surface area contributed by atoms with Crippen molar-refractivity contribution in [1.29, 1.82) is 0 Å². The average Bonchev–Trinajstić information content (AvgIpc) is 3.85. The molecule has 0 fully saturated rings. The maximum Gasteiger partial charge on any atom is 0.137 e. The van der Waals surface area contributed by atoms with Crippen LogP contribution in [0.15, 0.2) is 186 Å². The van der Waals surface area contributed by atoms with Crippen molar-refractivity contribution in [3.05, 3.63) is 204 Å². The summed E-state index contributed by atoms with van der Waals surface area (Å²) < 4.78 is 8.74. The smallest absolute Gasteiger partial charge is 0.137 e. The van der Waals surface area contributed by atoms with E-state index in [0.717, 1.165) is 55.8 Å². The number of aromatic nitrogens is 1. The number of fused-ring (bicyclic) bond motifs is 9. The van der Waals surface area contributed by atoms with Crippen molar-refractivity contribution in [3.8, 4) is 28.7 Å². The standard InChI is InChI=1S/C53H36N2O/c1-53(2)47-31-36(22-21-35-23-26-39(27-24-35)54(37-13-5-3-6-14-37)38-15-7-4-8-16-38)25-29-41(47)45-34-50-46(33-48(45)53)42-17-9-11-19-49(42)55(50)40-28-30-44-43-18-10-12-20-51(43)56-52(44)32-40/h3-20,23-34H,1-2H3. The van der Waals surface area contributed by atoms with Crippen molar-refractivity contribution in [3.63, 3.8) is 0 Å². The van der Waals surface area contributed by atoms with E-state index in [1.165, 1.54) is 44.1 Å². The first kappa shape index (κ1) is 32.2. The van der Waals surface area contributed by atoms with Crippen LogP contribution in [0.4, 0.5) is 17.1 Å². The van der Waals surface area contributed by atoms with Crippen LogP contribution in [0.1, 0.15) is 36.1 Å². The predicted molar refractivity (Wildman–Crippen MR) is 233 cm³/mol. The fourth-order valence-electron chi connectivity index (χ4n) is 8.85.